The molecule has 27 heavy (non-hydrogen) atoms. The number of nitrogens with zero attached hydrogens (tertiary/aromatic N) is 3. The minimum absolute atomic E-state index is 0.118. The number of piperazine rings is 1. The number of rotatable bonds is 1. The third kappa shape index (κ3) is 2.67. The molecule has 0 amide bonds. The van der Waals surface area contributed by atoms with Crippen LogP contribution in [-0.4, -0.2) is 43.1 Å². The van der Waals surface area contributed by atoms with Gasteiger partial charge < -0.3 is 9.80 Å². The predicted octanol–water partition coefficient (Wildman–Crippen LogP) is 3.85. The van der Waals surface area contributed by atoms with Gasteiger partial charge in [0.25, 0.3) is 0 Å². The van der Waals surface area contributed by atoms with Gasteiger partial charge in [-0.1, -0.05) is 18.2 Å². The van der Waals surface area contributed by atoms with Crippen LogP contribution in [0.5, 0.6) is 0 Å². The van der Waals surface area contributed by atoms with E-state index in [1.807, 2.05) is 24.3 Å². The Morgan fingerprint density at radius 1 is 1.04 bits per heavy atom. The standard InChI is InChI=1S/C21H18FN3OS/c1-24-8-10-25(11-9-24)21-20-18(14-4-2-3-5-16(14)23-21)19(26)15-12-13(22)6-7-17(15)27-20/h2-7,12H,8-11H2,1H3. The molecular formula is C21H18FN3OS. The molecule has 0 N–H and O–H groups in total. The van der Waals surface area contributed by atoms with Gasteiger partial charge in [-0.2, -0.15) is 0 Å². The minimum atomic E-state index is -0.385. The Morgan fingerprint density at radius 2 is 1.81 bits per heavy atom. The number of para-hydroxylation sites is 1. The Balaban J connectivity index is 1.90. The van der Waals surface area contributed by atoms with Gasteiger partial charge in [0, 0.05) is 41.7 Å². The number of hydrogen-bond donors (Lipinski definition) is 0. The summed E-state index contributed by atoms with van der Waals surface area (Å²) in [5, 5.41) is 1.92. The number of halogens is 1. The Bertz CT molecular complexity index is 1250. The normalized spacial score (nSPS) is 15.9. The highest BCUT2D eigenvalue weighted by atomic mass is 32.1. The average molecular weight is 379 g/mol. The van der Waals surface area contributed by atoms with Crippen LogP contribution in [0.1, 0.15) is 0 Å². The van der Waals surface area contributed by atoms with Crippen LogP contribution in [-0.2, 0) is 0 Å². The lowest BCUT2D eigenvalue weighted by Crippen LogP contribution is -2.44. The number of hydrogen-bond acceptors (Lipinski definition) is 5. The maximum Gasteiger partial charge on any atom is 0.196 e. The molecule has 0 aliphatic carbocycles. The zero-order valence-electron chi connectivity index (χ0n) is 14.9. The summed E-state index contributed by atoms with van der Waals surface area (Å²) in [5.74, 6) is 0.480. The molecule has 1 aliphatic rings. The van der Waals surface area contributed by atoms with E-state index in [0.717, 1.165) is 52.3 Å². The first-order valence-corrected chi connectivity index (χ1v) is 9.82. The van der Waals surface area contributed by atoms with Crippen molar-refractivity contribution in [3.8, 4) is 0 Å². The van der Waals surface area contributed by atoms with Crippen LogP contribution in [0.15, 0.2) is 47.3 Å². The highest BCUT2D eigenvalue weighted by Crippen LogP contribution is 2.36. The fourth-order valence-electron chi connectivity index (χ4n) is 3.75. The van der Waals surface area contributed by atoms with Crippen molar-refractivity contribution in [2.75, 3.05) is 38.1 Å². The molecule has 6 heteroatoms. The van der Waals surface area contributed by atoms with Crippen LogP contribution < -0.4 is 10.3 Å². The molecule has 0 unspecified atom stereocenters. The molecule has 1 saturated heterocycles. The van der Waals surface area contributed by atoms with Gasteiger partial charge in [0.05, 0.1) is 15.6 Å². The largest absolute Gasteiger partial charge is 0.353 e. The summed E-state index contributed by atoms with van der Waals surface area (Å²) in [4.78, 5) is 22.8. The Kier molecular flexibility index (Phi) is 3.84. The first-order chi connectivity index (χ1) is 13.1. The van der Waals surface area contributed by atoms with Crippen molar-refractivity contribution >= 4 is 48.2 Å². The van der Waals surface area contributed by atoms with E-state index in [-0.39, 0.29) is 11.2 Å². The first kappa shape index (κ1) is 16.6. The van der Waals surface area contributed by atoms with Crippen molar-refractivity contribution in [2.45, 2.75) is 0 Å². The zero-order chi connectivity index (χ0) is 18.5. The SMILES string of the molecule is CN1CCN(c2nc3ccccc3c3c(=O)c4cc(F)ccc4sc23)CC1. The molecule has 3 heterocycles. The Labute approximate surface area is 159 Å². The Morgan fingerprint density at radius 3 is 2.63 bits per heavy atom. The predicted molar refractivity (Wildman–Crippen MR) is 111 cm³/mol. The molecule has 4 nitrogen and oxygen atoms in total. The second-order valence-corrected chi connectivity index (χ2v) is 8.07. The molecular weight excluding hydrogens is 361 g/mol. The molecule has 1 fully saturated rings. The van der Waals surface area contributed by atoms with Crippen molar-refractivity contribution in [1.29, 1.82) is 0 Å². The number of aromatic nitrogens is 1. The highest BCUT2D eigenvalue weighted by Gasteiger charge is 2.21. The third-order valence-corrected chi connectivity index (χ3v) is 6.42. The van der Waals surface area contributed by atoms with E-state index in [4.69, 9.17) is 4.98 Å². The molecule has 0 atom stereocenters. The summed E-state index contributed by atoms with van der Waals surface area (Å²) in [5.41, 5.74) is 0.686. The van der Waals surface area contributed by atoms with E-state index in [1.54, 1.807) is 6.07 Å². The lowest BCUT2D eigenvalue weighted by molar-refractivity contribution is 0.312. The second-order valence-electron chi connectivity index (χ2n) is 7.02. The maximum atomic E-state index is 13.8. The van der Waals surface area contributed by atoms with E-state index in [1.165, 1.54) is 23.5 Å². The van der Waals surface area contributed by atoms with Crippen molar-refractivity contribution in [3.63, 3.8) is 0 Å². The summed E-state index contributed by atoms with van der Waals surface area (Å²) >= 11 is 1.53. The van der Waals surface area contributed by atoms with E-state index in [2.05, 4.69) is 16.8 Å². The monoisotopic (exact) mass is 379 g/mol. The van der Waals surface area contributed by atoms with Gasteiger partial charge in [-0.15, -0.1) is 11.3 Å². The molecule has 0 radical (unpaired) electrons. The van der Waals surface area contributed by atoms with Crippen LogP contribution in [0.25, 0.3) is 31.1 Å². The zero-order valence-corrected chi connectivity index (χ0v) is 15.7. The smallest absolute Gasteiger partial charge is 0.196 e. The molecule has 4 aromatic rings. The highest BCUT2D eigenvalue weighted by molar-refractivity contribution is 7.25. The summed E-state index contributed by atoms with van der Waals surface area (Å²) in [7, 11) is 2.11. The van der Waals surface area contributed by atoms with Gasteiger partial charge in [0.15, 0.2) is 5.43 Å². The lowest BCUT2D eigenvalue weighted by atomic mass is 10.1. The minimum Gasteiger partial charge on any atom is -0.353 e. The summed E-state index contributed by atoms with van der Waals surface area (Å²) < 4.78 is 15.5. The Hall–Kier alpha value is -2.57. The number of likely N-dealkylation sites (N-methyl/N-ethyl adjacent to an activating group) is 1. The topological polar surface area (TPSA) is 36.4 Å². The van der Waals surface area contributed by atoms with Gasteiger partial charge in [0.1, 0.15) is 11.6 Å². The maximum absolute atomic E-state index is 13.8. The van der Waals surface area contributed by atoms with Crippen LogP contribution >= 0.6 is 11.3 Å². The fraction of sp³-hybridized carbons (Fsp3) is 0.238. The quantitative estimate of drug-likeness (QED) is 0.372. The van der Waals surface area contributed by atoms with Gasteiger partial charge in [0.2, 0.25) is 0 Å². The second kappa shape index (κ2) is 6.25. The van der Waals surface area contributed by atoms with Crippen LogP contribution in [0.3, 0.4) is 0 Å². The molecule has 0 spiro atoms. The summed E-state index contributed by atoms with van der Waals surface area (Å²) in [6, 6.07) is 12.2. The van der Waals surface area contributed by atoms with Gasteiger partial charge >= 0.3 is 0 Å². The molecule has 136 valence electrons. The first-order valence-electron chi connectivity index (χ1n) is 9.00. The molecule has 2 aromatic carbocycles. The fourth-order valence-corrected chi connectivity index (χ4v) is 4.94. The number of anilines is 1. The number of pyridine rings is 1. The van der Waals surface area contributed by atoms with Crippen molar-refractivity contribution in [3.05, 3.63) is 58.5 Å². The van der Waals surface area contributed by atoms with Crippen LogP contribution in [0.2, 0.25) is 0 Å². The van der Waals surface area contributed by atoms with E-state index < -0.39 is 0 Å². The van der Waals surface area contributed by atoms with Crippen molar-refractivity contribution in [2.24, 2.45) is 0 Å². The average Bonchev–Trinajstić information content (AvgIpc) is 2.68. The molecule has 2 aromatic heterocycles. The van der Waals surface area contributed by atoms with E-state index >= 15 is 0 Å². The molecule has 5 rings (SSSR count). The van der Waals surface area contributed by atoms with Gasteiger partial charge in [-0.3, -0.25) is 4.79 Å². The molecule has 0 saturated carbocycles. The number of fused-ring (bicyclic) bond motifs is 4. The molecule has 0 bridgehead atoms. The van der Waals surface area contributed by atoms with E-state index in [0.29, 0.717) is 10.8 Å². The molecule has 1 aliphatic heterocycles. The lowest BCUT2D eigenvalue weighted by Gasteiger charge is -2.33. The van der Waals surface area contributed by atoms with Crippen LogP contribution in [0.4, 0.5) is 10.2 Å². The van der Waals surface area contributed by atoms with Gasteiger partial charge in [-0.25, -0.2) is 9.37 Å². The third-order valence-electron chi connectivity index (χ3n) is 5.26. The van der Waals surface area contributed by atoms with E-state index in [9.17, 15) is 9.18 Å². The summed E-state index contributed by atoms with van der Waals surface area (Å²) in [6.45, 7) is 3.67. The number of benzene rings is 2. The van der Waals surface area contributed by atoms with Crippen LogP contribution in [0, 0.1) is 5.82 Å². The van der Waals surface area contributed by atoms with Crippen molar-refractivity contribution < 1.29 is 4.39 Å². The van der Waals surface area contributed by atoms with Crippen molar-refractivity contribution in [1.82, 2.24) is 9.88 Å². The summed E-state index contributed by atoms with van der Waals surface area (Å²) in [6.07, 6.45) is 0. The van der Waals surface area contributed by atoms with Gasteiger partial charge in [-0.05, 0) is 31.3 Å².